The molecule has 0 saturated heterocycles. The minimum absolute atomic E-state index is 0.0677. The summed E-state index contributed by atoms with van der Waals surface area (Å²) in [7, 11) is 3.61. The molecule has 214 valence electrons. The van der Waals surface area contributed by atoms with Crippen molar-refractivity contribution in [3.8, 4) is 28.5 Å². The van der Waals surface area contributed by atoms with Crippen molar-refractivity contribution in [1.82, 2.24) is 29.3 Å². The second-order valence-electron chi connectivity index (χ2n) is 11.5. The molecule has 0 bridgehead atoms. The van der Waals surface area contributed by atoms with E-state index >= 15 is 0 Å². The van der Waals surface area contributed by atoms with Crippen LogP contribution in [0.25, 0.3) is 22.6 Å². The number of ether oxygens (including phenoxy) is 1. The van der Waals surface area contributed by atoms with Gasteiger partial charge in [-0.15, -0.1) is 0 Å². The van der Waals surface area contributed by atoms with Crippen molar-refractivity contribution in [1.29, 1.82) is 0 Å². The molecule has 4 aromatic rings. The zero-order chi connectivity index (χ0) is 28.5. The zero-order valence-electron chi connectivity index (χ0n) is 23.3. The van der Waals surface area contributed by atoms with Crippen LogP contribution in [0.3, 0.4) is 0 Å². The van der Waals surface area contributed by atoms with Crippen molar-refractivity contribution >= 4 is 5.69 Å². The molecule has 0 amide bonds. The largest absolute Gasteiger partial charge is 0.480 e. The van der Waals surface area contributed by atoms with Crippen LogP contribution in [0.2, 0.25) is 0 Å². The minimum Gasteiger partial charge on any atom is -0.480 e. The molecule has 8 nitrogen and oxygen atoms in total. The van der Waals surface area contributed by atoms with E-state index in [1.165, 1.54) is 11.9 Å². The SMILES string of the molecule is COc1ncnc(C2CC2)c1-c1nn(C)c2c1CN(c1ccc(-c3nc(C(F)(F)F)cn3C3CCC3)cc1)CC2C. The van der Waals surface area contributed by atoms with Gasteiger partial charge in [-0.3, -0.25) is 4.68 Å². The summed E-state index contributed by atoms with van der Waals surface area (Å²) < 4.78 is 49.9. The molecule has 3 aromatic heterocycles. The van der Waals surface area contributed by atoms with Gasteiger partial charge in [0.25, 0.3) is 0 Å². The molecule has 4 heterocycles. The van der Waals surface area contributed by atoms with Crippen molar-refractivity contribution in [3.05, 3.63) is 59.4 Å². The summed E-state index contributed by atoms with van der Waals surface area (Å²) in [6.07, 6.45) is 3.23. The standard InChI is InChI=1S/C30H32F3N7O/c1-17-13-39(14-22-26(37-38(2)27(17)22)24-25(18-7-8-18)34-16-35-29(24)41-3)20-11-9-19(10-12-20)28-36-23(30(31,32)33)15-40(28)21-5-4-6-21/h9-12,15-18,21H,4-8,13-14H2,1-3H3. The van der Waals surface area contributed by atoms with Gasteiger partial charge in [0, 0.05) is 66.7 Å². The number of imidazole rings is 1. The van der Waals surface area contributed by atoms with Crippen LogP contribution in [0.4, 0.5) is 18.9 Å². The number of aryl methyl sites for hydroxylation is 1. The molecular formula is C30H32F3N7O. The second kappa shape index (κ2) is 9.60. The lowest BCUT2D eigenvalue weighted by molar-refractivity contribution is -0.140. The molecule has 2 aliphatic carbocycles. The van der Waals surface area contributed by atoms with Crippen LogP contribution in [0.15, 0.2) is 36.8 Å². The maximum absolute atomic E-state index is 13.5. The van der Waals surface area contributed by atoms with Crippen molar-refractivity contribution < 1.29 is 17.9 Å². The van der Waals surface area contributed by atoms with E-state index in [4.69, 9.17) is 9.84 Å². The lowest BCUT2D eigenvalue weighted by Gasteiger charge is -2.34. The van der Waals surface area contributed by atoms with Crippen LogP contribution in [0, 0.1) is 0 Å². The van der Waals surface area contributed by atoms with Gasteiger partial charge < -0.3 is 14.2 Å². The molecule has 7 rings (SSSR count). The summed E-state index contributed by atoms with van der Waals surface area (Å²) in [5.41, 5.74) is 5.88. The third-order valence-corrected chi connectivity index (χ3v) is 8.72. The fourth-order valence-electron chi connectivity index (χ4n) is 6.36. The Bertz CT molecular complexity index is 1600. The highest BCUT2D eigenvalue weighted by Crippen LogP contribution is 2.47. The van der Waals surface area contributed by atoms with Crippen molar-refractivity contribution in [2.24, 2.45) is 7.05 Å². The van der Waals surface area contributed by atoms with Crippen LogP contribution in [-0.4, -0.2) is 43.0 Å². The molecule has 41 heavy (non-hydrogen) atoms. The van der Waals surface area contributed by atoms with E-state index in [0.717, 1.165) is 66.9 Å². The number of aromatic nitrogens is 6. The summed E-state index contributed by atoms with van der Waals surface area (Å²) in [6.45, 7) is 3.62. The van der Waals surface area contributed by atoms with Gasteiger partial charge in [0.15, 0.2) is 5.69 Å². The average Bonchev–Trinajstić information content (AvgIpc) is 3.59. The first-order valence-corrected chi connectivity index (χ1v) is 14.2. The Kier molecular flexibility index (Phi) is 6.09. The van der Waals surface area contributed by atoms with Gasteiger partial charge >= 0.3 is 6.18 Å². The van der Waals surface area contributed by atoms with Crippen LogP contribution < -0.4 is 9.64 Å². The summed E-state index contributed by atoms with van der Waals surface area (Å²) in [5.74, 6) is 1.52. The van der Waals surface area contributed by atoms with E-state index < -0.39 is 11.9 Å². The Labute approximate surface area is 236 Å². The van der Waals surface area contributed by atoms with Crippen LogP contribution in [0.1, 0.15) is 79.6 Å². The van der Waals surface area contributed by atoms with E-state index in [2.05, 4.69) is 26.8 Å². The summed E-state index contributed by atoms with van der Waals surface area (Å²) in [5, 5.41) is 4.96. The Morgan fingerprint density at radius 2 is 1.78 bits per heavy atom. The van der Waals surface area contributed by atoms with E-state index in [1.54, 1.807) is 18.0 Å². The number of methoxy groups -OCH3 is 1. The van der Waals surface area contributed by atoms with Gasteiger partial charge in [-0.25, -0.2) is 15.0 Å². The smallest absolute Gasteiger partial charge is 0.434 e. The predicted octanol–water partition coefficient (Wildman–Crippen LogP) is 6.49. The van der Waals surface area contributed by atoms with Crippen molar-refractivity contribution in [2.75, 3.05) is 18.6 Å². The molecule has 1 aliphatic heterocycles. The molecule has 2 saturated carbocycles. The predicted molar refractivity (Wildman–Crippen MR) is 148 cm³/mol. The average molecular weight is 564 g/mol. The summed E-state index contributed by atoms with van der Waals surface area (Å²) in [6, 6.07) is 7.81. The molecule has 0 radical (unpaired) electrons. The van der Waals surface area contributed by atoms with Crippen molar-refractivity contribution in [2.45, 2.75) is 69.6 Å². The number of rotatable bonds is 6. The molecule has 1 aromatic carbocycles. The minimum atomic E-state index is -4.47. The number of alkyl halides is 3. The Hall–Kier alpha value is -3.89. The summed E-state index contributed by atoms with van der Waals surface area (Å²) >= 11 is 0. The Balaban J connectivity index is 1.23. The van der Waals surface area contributed by atoms with Gasteiger partial charge in [-0.1, -0.05) is 6.92 Å². The topological polar surface area (TPSA) is 73.9 Å². The summed E-state index contributed by atoms with van der Waals surface area (Å²) in [4.78, 5) is 15.4. The monoisotopic (exact) mass is 563 g/mol. The van der Waals surface area contributed by atoms with Gasteiger partial charge in [0.2, 0.25) is 5.88 Å². The zero-order valence-corrected chi connectivity index (χ0v) is 23.3. The third-order valence-electron chi connectivity index (χ3n) is 8.72. The van der Waals surface area contributed by atoms with Crippen LogP contribution in [0.5, 0.6) is 5.88 Å². The Morgan fingerprint density at radius 3 is 2.41 bits per heavy atom. The van der Waals surface area contributed by atoms with Crippen molar-refractivity contribution in [3.63, 3.8) is 0 Å². The fourth-order valence-corrected chi connectivity index (χ4v) is 6.36. The maximum atomic E-state index is 13.5. The number of fused-ring (bicyclic) bond motifs is 1. The number of hydrogen-bond acceptors (Lipinski definition) is 6. The van der Waals surface area contributed by atoms with Gasteiger partial charge in [-0.2, -0.15) is 18.3 Å². The maximum Gasteiger partial charge on any atom is 0.434 e. The first-order valence-electron chi connectivity index (χ1n) is 14.2. The lowest BCUT2D eigenvalue weighted by Crippen LogP contribution is -2.33. The molecule has 0 N–H and O–H groups in total. The van der Waals surface area contributed by atoms with E-state index in [9.17, 15) is 13.2 Å². The van der Waals surface area contributed by atoms with Crippen LogP contribution >= 0.6 is 0 Å². The highest BCUT2D eigenvalue weighted by Gasteiger charge is 2.38. The van der Waals surface area contributed by atoms with Gasteiger partial charge in [-0.05, 0) is 56.4 Å². The van der Waals surface area contributed by atoms with E-state index in [0.29, 0.717) is 29.7 Å². The van der Waals surface area contributed by atoms with Gasteiger partial charge in [0.05, 0.1) is 18.4 Å². The first-order chi connectivity index (χ1) is 19.7. The molecular weight excluding hydrogens is 531 g/mol. The number of anilines is 1. The molecule has 1 unspecified atom stereocenters. The number of nitrogens with zero attached hydrogens (tertiary/aromatic N) is 7. The Morgan fingerprint density at radius 1 is 1.02 bits per heavy atom. The highest BCUT2D eigenvalue weighted by molar-refractivity contribution is 5.74. The van der Waals surface area contributed by atoms with Gasteiger partial charge in [0.1, 0.15) is 17.8 Å². The normalized spacial score (nSPS) is 19.3. The molecule has 0 spiro atoms. The molecule has 1 atom stereocenters. The number of halogens is 3. The quantitative estimate of drug-likeness (QED) is 0.267. The third kappa shape index (κ3) is 4.46. The molecule has 11 heteroatoms. The highest BCUT2D eigenvalue weighted by atomic mass is 19.4. The number of hydrogen-bond donors (Lipinski definition) is 0. The number of benzene rings is 1. The molecule has 2 fully saturated rings. The second-order valence-corrected chi connectivity index (χ2v) is 11.5. The van der Waals surface area contributed by atoms with Crippen LogP contribution in [-0.2, 0) is 19.8 Å². The van der Waals surface area contributed by atoms with E-state index in [-0.39, 0.29) is 12.0 Å². The van der Waals surface area contributed by atoms with E-state index in [1.807, 2.05) is 36.0 Å². The lowest BCUT2D eigenvalue weighted by atomic mass is 9.92. The molecule has 3 aliphatic rings. The fraction of sp³-hybridized carbons (Fsp3) is 0.467. The first kappa shape index (κ1) is 26.0.